The molecule has 1 heterocycles. The first-order chi connectivity index (χ1) is 8.31. The van der Waals surface area contributed by atoms with Gasteiger partial charge in [0.05, 0.1) is 7.11 Å². The Morgan fingerprint density at radius 1 is 1.53 bits per heavy atom. The first kappa shape index (κ1) is 12.4. The molecule has 1 aliphatic rings. The maximum absolute atomic E-state index is 8.92. The number of nitrogens with zero attached hydrogens (tertiary/aromatic N) is 1. The zero-order valence-corrected chi connectivity index (χ0v) is 10.2. The highest BCUT2D eigenvalue weighted by Gasteiger charge is 2.30. The summed E-state index contributed by atoms with van der Waals surface area (Å²) in [6.45, 7) is 2.56. The van der Waals surface area contributed by atoms with Gasteiger partial charge in [0.1, 0.15) is 5.75 Å². The van der Waals surface area contributed by atoms with Gasteiger partial charge in [-0.15, -0.1) is 0 Å². The standard InChI is InChI=1S/C13H20N2O2/c1-17-13-5-2-4-10-11(13)9-15(6-3-7-16)12(10)8-14/h2,4-5,12,16H,3,6-9,14H2,1H3. The van der Waals surface area contributed by atoms with Gasteiger partial charge in [-0.05, 0) is 18.1 Å². The number of rotatable bonds is 5. The predicted octanol–water partition coefficient (Wildman–Crippen LogP) is 0.893. The Labute approximate surface area is 102 Å². The molecule has 1 aliphatic heterocycles. The van der Waals surface area contributed by atoms with Gasteiger partial charge < -0.3 is 15.6 Å². The van der Waals surface area contributed by atoms with Crippen molar-refractivity contribution in [1.82, 2.24) is 4.90 Å². The lowest BCUT2D eigenvalue weighted by Gasteiger charge is -2.23. The van der Waals surface area contributed by atoms with Crippen LogP contribution in [0.4, 0.5) is 0 Å². The summed E-state index contributed by atoms with van der Waals surface area (Å²) in [7, 11) is 1.70. The second kappa shape index (κ2) is 5.49. The molecular formula is C13H20N2O2. The average Bonchev–Trinajstić information content (AvgIpc) is 2.73. The predicted molar refractivity (Wildman–Crippen MR) is 66.9 cm³/mol. The molecule has 0 saturated carbocycles. The smallest absolute Gasteiger partial charge is 0.123 e. The summed E-state index contributed by atoms with van der Waals surface area (Å²) < 4.78 is 5.39. The van der Waals surface area contributed by atoms with Crippen LogP contribution in [-0.4, -0.2) is 36.8 Å². The summed E-state index contributed by atoms with van der Waals surface area (Å²) in [4.78, 5) is 2.31. The molecule has 94 valence electrons. The van der Waals surface area contributed by atoms with Gasteiger partial charge in [0.25, 0.3) is 0 Å². The van der Waals surface area contributed by atoms with Crippen LogP contribution in [0.25, 0.3) is 0 Å². The van der Waals surface area contributed by atoms with E-state index in [4.69, 9.17) is 15.6 Å². The Bertz CT molecular complexity index is 382. The molecule has 0 aliphatic carbocycles. The summed E-state index contributed by atoms with van der Waals surface area (Å²) in [6.07, 6.45) is 0.785. The summed E-state index contributed by atoms with van der Waals surface area (Å²) in [5.74, 6) is 0.937. The largest absolute Gasteiger partial charge is 0.496 e. The van der Waals surface area contributed by atoms with Crippen molar-refractivity contribution in [3.63, 3.8) is 0 Å². The van der Waals surface area contributed by atoms with Crippen molar-refractivity contribution in [3.05, 3.63) is 29.3 Å². The van der Waals surface area contributed by atoms with Crippen molar-refractivity contribution in [3.8, 4) is 5.75 Å². The van der Waals surface area contributed by atoms with Gasteiger partial charge in [0.2, 0.25) is 0 Å². The minimum atomic E-state index is 0.223. The minimum Gasteiger partial charge on any atom is -0.496 e. The van der Waals surface area contributed by atoms with Crippen molar-refractivity contribution >= 4 is 0 Å². The van der Waals surface area contributed by atoms with E-state index in [1.54, 1.807) is 7.11 Å². The van der Waals surface area contributed by atoms with Crippen molar-refractivity contribution in [2.75, 3.05) is 26.8 Å². The van der Waals surface area contributed by atoms with Crippen LogP contribution in [0.3, 0.4) is 0 Å². The maximum Gasteiger partial charge on any atom is 0.123 e. The number of methoxy groups -OCH3 is 1. The van der Waals surface area contributed by atoms with Crippen LogP contribution < -0.4 is 10.5 Å². The molecule has 0 fully saturated rings. The third-order valence-electron chi connectivity index (χ3n) is 3.38. The molecule has 17 heavy (non-hydrogen) atoms. The lowest BCUT2D eigenvalue weighted by atomic mass is 10.0. The molecule has 3 N–H and O–H groups in total. The van der Waals surface area contributed by atoms with Crippen molar-refractivity contribution in [2.45, 2.75) is 19.0 Å². The van der Waals surface area contributed by atoms with Crippen LogP contribution in [0.15, 0.2) is 18.2 Å². The number of benzene rings is 1. The van der Waals surface area contributed by atoms with Crippen molar-refractivity contribution < 1.29 is 9.84 Å². The molecule has 1 aromatic carbocycles. The lowest BCUT2D eigenvalue weighted by molar-refractivity contribution is 0.189. The first-order valence-corrected chi connectivity index (χ1v) is 6.02. The fourth-order valence-electron chi connectivity index (χ4n) is 2.55. The van der Waals surface area contributed by atoms with Crippen LogP contribution in [0.2, 0.25) is 0 Å². The molecule has 1 unspecified atom stereocenters. The molecular weight excluding hydrogens is 216 g/mol. The second-order valence-electron chi connectivity index (χ2n) is 4.33. The summed E-state index contributed by atoms with van der Waals surface area (Å²) in [5, 5.41) is 8.92. The van der Waals surface area contributed by atoms with Crippen LogP contribution in [0, 0.1) is 0 Å². The van der Waals surface area contributed by atoms with Gasteiger partial charge in [-0.1, -0.05) is 12.1 Å². The fraction of sp³-hybridized carbons (Fsp3) is 0.538. The Kier molecular flexibility index (Phi) is 3.99. The molecule has 0 radical (unpaired) electrons. The first-order valence-electron chi connectivity index (χ1n) is 6.02. The number of hydrogen-bond donors (Lipinski definition) is 2. The van der Waals surface area contributed by atoms with Crippen LogP contribution in [0.1, 0.15) is 23.6 Å². The highest BCUT2D eigenvalue weighted by Crippen LogP contribution is 2.37. The molecule has 4 heteroatoms. The van der Waals surface area contributed by atoms with E-state index in [0.29, 0.717) is 6.54 Å². The van der Waals surface area contributed by atoms with E-state index < -0.39 is 0 Å². The highest BCUT2D eigenvalue weighted by atomic mass is 16.5. The molecule has 0 amide bonds. The van der Waals surface area contributed by atoms with E-state index in [0.717, 1.165) is 25.3 Å². The fourth-order valence-corrected chi connectivity index (χ4v) is 2.55. The molecule has 2 rings (SSSR count). The number of aliphatic hydroxyl groups excluding tert-OH is 1. The molecule has 1 atom stereocenters. The second-order valence-corrected chi connectivity index (χ2v) is 4.33. The third kappa shape index (κ3) is 2.29. The Hall–Kier alpha value is -1.10. The van der Waals surface area contributed by atoms with Gasteiger partial charge in [-0.2, -0.15) is 0 Å². The minimum absolute atomic E-state index is 0.223. The molecule has 1 aromatic rings. The highest BCUT2D eigenvalue weighted by molar-refractivity contribution is 5.44. The Balaban J connectivity index is 2.24. The van der Waals surface area contributed by atoms with Crippen LogP contribution >= 0.6 is 0 Å². The third-order valence-corrected chi connectivity index (χ3v) is 3.38. The van der Waals surface area contributed by atoms with Crippen molar-refractivity contribution in [1.29, 1.82) is 0 Å². The van der Waals surface area contributed by atoms with Gasteiger partial charge >= 0.3 is 0 Å². The SMILES string of the molecule is COc1cccc2c1CN(CCCO)C2CN. The number of hydrogen-bond acceptors (Lipinski definition) is 4. The van der Waals surface area contributed by atoms with E-state index >= 15 is 0 Å². The van der Waals surface area contributed by atoms with Gasteiger partial charge in [0.15, 0.2) is 0 Å². The molecule has 0 aromatic heterocycles. The molecule has 0 bridgehead atoms. The van der Waals surface area contributed by atoms with Gasteiger partial charge in [-0.25, -0.2) is 0 Å². The van der Waals surface area contributed by atoms with Crippen LogP contribution in [-0.2, 0) is 6.54 Å². The van der Waals surface area contributed by atoms with Crippen LogP contribution in [0.5, 0.6) is 5.75 Å². The topological polar surface area (TPSA) is 58.7 Å². The maximum atomic E-state index is 8.92. The normalized spacial score (nSPS) is 19.4. The van der Waals surface area contributed by atoms with Gasteiger partial charge in [-0.3, -0.25) is 4.90 Å². The summed E-state index contributed by atoms with van der Waals surface area (Å²) >= 11 is 0. The van der Waals surface area contributed by atoms with E-state index in [1.807, 2.05) is 12.1 Å². The Morgan fingerprint density at radius 3 is 3.00 bits per heavy atom. The zero-order chi connectivity index (χ0) is 12.3. The lowest BCUT2D eigenvalue weighted by Crippen LogP contribution is -2.29. The number of ether oxygens (including phenoxy) is 1. The van der Waals surface area contributed by atoms with E-state index in [-0.39, 0.29) is 12.6 Å². The number of nitrogens with two attached hydrogens (primary N) is 1. The van der Waals surface area contributed by atoms with E-state index in [2.05, 4.69) is 11.0 Å². The zero-order valence-electron chi connectivity index (χ0n) is 10.2. The quantitative estimate of drug-likeness (QED) is 0.797. The molecule has 0 saturated heterocycles. The number of fused-ring (bicyclic) bond motifs is 1. The average molecular weight is 236 g/mol. The summed E-state index contributed by atoms with van der Waals surface area (Å²) in [5.41, 5.74) is 8.36. The summed E-state index contributed by atoms with van der Waals surface area (Å²) in [6, 6.07) is 6.37. The van der Waals surface area contributed by atoms with E-state index in [9.17, 15) is 0 Å². The number of aliphatic hydroxyl groups is 1. The monoisotopic (exact) mass is 236 g/mol. The Morgan fingerprint density at radius 2 is 2.35 bits per heavy atom. The van der Waals surface area contributed by atoms with Gasteiger partial charge in [0, 0.05) is 37.8 Å². The molecule has 0 spiro atoms. The molecule has 4 nitrogen and oxygen atoms in total. The van der Waals surface area contributed by atoms with Crippen molar-refractivity contribution in [2.24, 2.45) is 5.73 Å². The van der Waals surface area contributed by atoms with E-state index in [1.165, 1.54) is 11.1 Å².